The second kappa shape index (κ2) is 9.44. The van der Waals surface area contributed by atoms with Crippen molar-refractivity contribution < 1.29 is 29.0 Å². The Morgan fingerprint density at radius 1 is 1.18 bits per heavy atom. The number of amides is 1. The van der Waals surface area contributed by atoms with E-state index in [0.717, 1.165) is 6.07 Å². The molecule has 0 spiro atoms. The molecule has 1 fully saturated rings. The molecule has 34 heavy (non-hydrogen) atoms. The maximum Gasteiger partial charge on any atom is 0.407 e. The Labute approximate surface area is 205 Å². The van der Waals surface area contributed by atoms with Gasteiger partial charge >= 0.3 is 12.1 Å². The highest BCUT2D eigenvalue weighted by Gasteiger charge is 2.64. The first-order valence-electron chi connectivity index (χ1n) is 11.5. The number of carboxylic acids is 1. The van der Waals surface area contributed by atoms with Crippen LogP contribution in [0.2, 0.25) is 5.15 Å². The summed E-state index contributed by atoms with van der Waals surface area (Å²) >= 11 is 6.15. The van der Waals surface area contributed by atoms with Gasteiger partial charge < -0.3 is 15.1 Å². The summed E-state index contributed by atoms with van der Waals surface area (Å²) in [5.41, 5.74) is -3.29. The maximum atomic E-state index is 15.6. The van der Waals surface area contributed by atoms with Crippen molar-refractivity contribution in [3.05, 3.63) is 28.3 Å². The van der Waals surface area contributed by atoms with E-state index in [1.807, 2.05) is 41.5 Å². The van der Waals surface area contributed by atoms with Gasteiger partial charge in [-0.15, -0.1) is 0 Å². The number of aliphatic carboxylic acids is 1. The van der Waals surface area contributed by atoms with Gasteiger partial charge in [0.1, 0.15) is 5.15 Å². The highest BCUT2D eigenvalue weighted by Crippen LogP contribution is 2.58. The number of ketones is 1. The van der Waals surface area contributed by atoms with Crippen LogP contribution in [0, 0.1) is 33.9 Å². The molecule has 1 aromatic heterocycles. The van der Waals surface area contributed by atoms with Crippen LogP contribution in [0.4, 0.5) is 9.18 Å². The molecule has 0 saturated carbocycles. The number of hydrogen-bond donors (Lipinski definition) is 2. The molecule has 7 nitrogen and oxygen atoms in total. The summed E-state index contributed by atoms with van der Waals surface area (Å²) in [4.78, 5) is 43.2. The third-order valence-corrected chi connectivity index (χ3v) is 7.42. The van der Waals surface area contributed by atoms with Crippen LogP contribution in [0.1, 0.15) is 77.9 Å². The Morgan fingerprint density at radius 3 is 2.15 bits per heavy atom. The zero-order valence-electron chi connectivity index (χ0n) is 21.2. The zero-order valence-corrected chi connectivity index (χ0v) is 22.0. The van der Waals surface area contributed by atoms with Crippen molar-refractivity contribution in [3.63, 3.8) is 0 Å². The number of Topliss-reactive ketones (excluding diaryl/α,β-unsaturated/α-hetero) is 1. The number of carboxylic acid groups (broad SMARTS) is 2. The minimum atomic E-state index is -1.58. The Hall–Kier alpha value is -2.22. The molecular formula is C25H36ClFN2O5. The molecule has 2 heterocycles. The van der Waals surface area contributed by atoms with E-state index >= 15 is 4.39 Å². The first kappa shape index (κ1) is 28.0. The van der Waals surface area contributed by atoms with Crippen LogP contribution in [0.5, 0.6) is 0 Å². The monoisotopic (exact) mass is 498 g/mol. The van der Waals surface area contributed by atoms with Crippen molar-refractivity contribution in [1.29, 1.82) is 0 Å². The first-order valence-corrected chi connectivity index (χ1v) is 11.9. The highest BCUT2D eigenvalue weighted by molar-refractivity contribution is 6.29. The summed E-state index contributed by atoms with van der Waals surface area (Å²) in [5, 5.41) is 20.7. The standard InChI is InChI=1S/C25H36ClFN2O5/c1-9-16(30)14-10-18(26)28-15(19(14)27)11-25(21(31)32)17(23(3,4)5)12-29(22(33)34)13(2)20(25)24(6,7)8/h10,13,17,20H,9,11-12H2,1-8H3,(H,31,32)(H,33,34)/t13-,17?,20?,25-/m1/s1. The summed E-state index contributed by atoms with van der Waals surface area (Å²) in [6.07, 6.45) is -1.39. The molecule has 1 saturated heterocycles. The molecule has 1 aliphatic heterocycles. The number of hydrogen-bond acceptors (Lipinski definition) is 4. The number of rotatable bonds is 5. The molecule has 1 aliphatic rings. The van der Waals surface area contributed by atoms with Gasteiger partial charge in [0.05, 0.1) is 16.7 Å². The number of pyridine rings is 1. The van der Waals surface area contributed by atoms with Gasteiger partial charge in [0.15, 0.2) is 11.6 Å². The second-order valence-electron chi connectivity index (χ2n) is 11.5. The fraction of sp³-hybridized carbons (Fsp3) is 0.680. The van der Waals surface area contributed by atoms with Gasteiger partial charge in [-0.25, -0.2) is 14.2 Å². The van der Waals surface area contributed by atoms with Crippen LogP contribution < -0.4 is 0 Å². The molecule has 1 aromatic rings. The highest BCUT2D eigenvalue weighted by atomic mass is 35.5. The van der Waals surface area contributed by atoms with Crippen molar-refractivity contribution >= 4 is 29.4 Å². The minimum absolute atomic E-state index is 0.0260. The van der Waals surface area contributed by atoms with Gasteiger partial charge in [0.25, 0.3) is 0 Å². The van der Waals surface area contributed by atoms with Gasteiger partial charge in [0, 0.05) is 31.3 Å². The third kappa shape index (κ3) is 4.92. The molecule has 2 rings (SSSR count). The predicted octanol–water partition coefficient (Wildman–Crippen LogP) is 5.79. The largest absolute Gasteiger partial charge is 0.481 e. The molecule has 0 bridgehead atoms. The summed E-state index contributed by atoms with van der Waals surface area (Å²) < 4.78 is 15.6. The lowest BCUT2D eigenvalue weighted by molar-refractivity contribution is -0.184. The fourth-order valence-electron chi connectivity index (χ4n) is 6.07. The Morgan fingerprint density at radius 2 is 1.74 bits per heavy atom. The predicted molar refractivity (Wildman–Crippen MR) is 128 cm³/mol. The quantitative estimate of drug-likeness (QED) is 0.393. The second-order valence-corrected chi connectivity index (χ2v) is 11.9. The molecule has 2 unspecified atom stereocenters. The Bertz CT molecular complexity index is 985. The van der Waals surface area contributed by atoms with Crippen LogP contribution in [-0.4, -0.2) is 50.5 Å². The summed E-state index contributed by atoms with van der Waals surface area (Å²) in [6, 6.07) is 0.504. The van der Waals surface area contributed by atoms with Crippen molar-refractivity contribution in [1.82, 2.24) is 9.88 Å². The molecule has 1 amide bonds. The Kier molecular flexibility index (Phi) is 7.78. The third-order valence-electron chi connectivity index (χ3n) is 7.23. The minimum Gasteiger partial charge on any atom is -0.481 e. The van der Waals surface area contributed by atoms with Gasteiger partial charge in [0.2, 0.25) is 0 Å². The average molecular weight is 499 g/mol. The molecule has 9 heteroatoms. The molecule has 0 radical (unpaired) electrons. The molecule has 0 aliphatic carbocycles. The Balaban J connectivity index is 2.91. The zero-order chi connectivity index (χ0) is 26.4. The SMILES string of the molecule is CCC(=O)c1cc(Cl)nc(C[C@@]2(C(=O)O)C(C(C)(C)C)CN(C(=O)O)[C@H](C)C2C(C)(C)C)c1F. The number of carbonyl (C=O) groups excluding carboxylic acids is 1. The van der Waals surface area contributed by atoms with Crippen molar-refractivity contribution in [2.75, 3.05) is 6.54 Å². The molecule has 2 N–H and O–H groups in total. The molecule has 190 valence electrons. The van der Waals surface area contributed by atoms with Crippen LogP contribution in [0.15, 0.2) is 6.07 Å². The molecular weight excluding hydrogens is 463 g/mol. The first-order chi connectivity index (χ1) is 15.4. The van der Waals surface area contributed by atoms with E-state index in [4.69, 9.17) is 11.6 Å². The van der Waals surface area contributed by atoms with Gasteiger partial charge in [-0.1, -0.05) is 60.1 Å². The number of nitrogens with zero attached hydrogens (tertiary/aromatic N) is 2. The summed E-state index contributed by atoms with van der Waals surface area (Å²) in [5.74, 6) is -3.85. The van der Waals surface area contributed by atoms with Gasteiger partial charge in [-0.3, -0.25) is 9.59 Å². The number of aromatic nitrogens is 1. The van der Waals surface area contributed by atoms with E-state index in [1.165, 1.54) is 4.90 Å². The van der Waals surface area contributed by atoms with E-state index in [-0.39, 0.29) is 35.8 Å². The maximum absolute atomic E-state index is 15.6. The van der Waals surface area contributed by atoms with E-state index in [2.05, 4.69) is 4.98 Å². The number of likely N-dealkylation sites (tertiary alicyclic amines) is 1. The number of halogens is 2. The topological polar surface area (TPSA) is 108 Å². The average Bonchev–Trinajstić information content (AvgIpc) is 2.67. The van der Waals surface area contributed by atoms with Crippen LogP contribution in [-0.2, 0) is 11.2 Å². The lowest BCUT2D eigenvalue weighted by Gasteiger charge is -2.60. The van der Waals surface area contributed by atoms with Crippen LogP contribution in [0.25, 0.3) is 0 Å². The van der Waals surface area contributed by atoms with Crippen molar-refractivity contribution in [2.45, 2.75) is 74.3 Å². The van der Waals surface area contributed by atoms with Crippen LogP contribution >= 0.6 is 11.6 Å². The van der Waals surface area contributed by atoms with E-state index in [0.29, 0.717) is 0 Å². The normalized spacial score (nSPS) is 25.8. The summed E-state index contributed by atoms with van der Waals surface area (Å²) in [7, 11) is 0. The lowest BCUT2D eigenvalue weighted by atomic mass is 9.48. The number of piperidine rings is 1. The van der Waals surface area contributed by atoms with Crippen molar-refractivity contribution in [2.24, 2.45) is 28.1 Å². The van der Waals surface area contributed by atoms with Crippen molar-refractivity contribution in [3.8, 4) is 0 Å². The van der Waals surface area contributed by atoms with E-state index in [1.54, 1.807) is 13.8 Å². The smallest absolute Gasteiger partial charge is 0.407 e. The number of carbonyl (C=O) groups is 3. The fourth-order valence-corrected chi connectivity index (χ4v) is 6.29. The van der Waals surface area contributed by atoms with Gasteiger partial charge in [-0.2, -0.15) is 0 Å². The molecule has 0 aromatic carbocycles. The van der Waals surface area contributed by atoms with E-state index in [9.17, 15) is 24.6 Å². The van der Waals surface area contributed by atoms with Crippen LogP contribution in [0.3, 0.4) is 0 Å². The lowest BCUT2D eigenvalue weighted by Crippen LogP contribution is -2.68. The molecule has 4 atom stereocenters. The van der Waals surface area contributed by atoms with E-state index < -0.39 is 57.8 Å². The summed E-state index contributed by atoms with van der Waals surface area (Å²) in [6.45, 7) is 14.5. The van der Waals surface area contributed by atoms with Gasteiger partial charge in [-0.05, 0) is 29.7 Å².